The van der Waals surface area contributed by atoms with Crippen LogP contribution in [0.4, 0.5) is 5.69 Å². The van der Waals surface area contributed by atoms with E-state index in [0.29, 0.717) is 6.42 Å². The molecular formula is C18H23NO. The highest BCUT2D eigenvalue weighted by Crippen LogP contribution is 2.33. The predicted octanol–water partition coefficient (Wildman–Crippen LogP) is 4.90. The molecule has 0 radical (unpaired) electrons. The first-order valence-electron chi connectivity index (χ1n) is 7.32. The third-order valence-electron chi connectivity index (χ3n) is 2.86. The lowest BCUT2D eigenvalue weighted by molar-refractivity contribution is -0.115. The van der Waals surface area contributed by atoms with Crippen LogP contribution in [0.2, 0.25) is 0 Å². The molecule has 1 N–H and O–H groups in total. The van der Waals surface area contributed by atoms with Gasteiger partial charge >= 0.3 is 0 Å². The third-order valence-corrected chi connectivity index (χ3v) is 2.86. The van der Waals surface area contributed by atoms with Crippen LogP contribution in [0.3, 0.4) is 0 Å². The number of benzene rings is 2. The van der Waals surface area contributed by atoms with Gasteiger partial charge in [-0.05, 0) is 17.2 Å². The molecule has 0 saturated carbocycles. The molecule has 0 unspecified atom stereocenters. The van der Waals surface area contributed by atoms with Gasteiger partial charge in [0.15, 0.2) is 0 Å². The zero-order chi connectivity index (χ0) is 15.0. The van der Waals surface area contributed by atoms with Crippen molar-refractivity contribution in [3.63, 3.8) is 0 Å². The topological polar surface area (TPSA) is 29.1 Å². The van der Waals surface area contributed by atoms with Gasteiger partial charge in [0.2, 0.25) is 5.91 Å². The molecule has 1 aliphatic heterocycles. The summed E-state index contributed by atoms with van der Waals surface area (Å²) in [6.07, 6.45) is 0.449. The summed E-state index contributed by atoms with van der Waals surface area (Å²) in [6, 6.07) is 16.0. The van der Waals surface area contributed by atoms with Crippen molar-refractivity contribution < 1.29 is 4.79 Å². The van der Waals surface area contributed by atoms with Crippen molar-refractivity contribution >= 4 is 11.6 Å². The molecule has 106 valence electrons. The van der Waals surface area contributed by atoms with E-state index in [2.05, 4.69) is 11.4 Å². The number of rotatable bonds is 0. The molecule has 3 rings (SSSR count). The molecule has 1 amide bonds. The van der Waals surface area contributed by atoms with Gasteiger partial charge in [0, 0.05) is 11.3 Å². The summed E-state index contributed by atoms with van der Waals surface area (Å²) in [5, 5.41) is 2.93. The van der Waals surface area contributed by atoms with Crippen molar-refractivity contribution in [1.82, 2.24) is 0 Å². The highest BCUT2D eigenvalue weighted by Gasteiger charge is 2.16. The van der Waals surface area contributed by atoms with E-state index in [1.807, 2.05) is 70.2 Å². The van der Waals surface area contributed by atoms with E-state index in [1.165, 1.54) is 0 Å². The van der Waals surface area contributed by atoms with Gasteiger partial charge in [0.1, 0.15) is 0 Å². The standard InChI is InChI=1S/C14H11NO.2C2H6/c16-14-9-10-5-1-2-6-11(10)12-7-3-4-8-13(12)15-14;2*1-2/h1-8H,9H2,(H,15,16);2*1-2H3. The predicted molar refractivity (Wildman–Crippen MR) is 86.9 cm³/mol. The number of amides is 1. The van der Waals surface area contributed by atoms with E-state index in [1.54, 1.807) is 0 Å². The lowest BCUT2D eigenvalue weighted by Crippen LogP contribution is -2.12. The first-order valence-corrected chi connectivity index (χ1v) is 7.32. The maximum Gasteiger partial charge on any atom is 0.228 e. The summed E-state index contributed by atoms with van der Waals surface area (Å²) in [6.45, 7) is 8.00. The molecule has 0 aliphatic carbocycles. The van der Waals surface area contributed by atoms with Crippen LogP contribution in [-0.4, -0.2) is 5.91 Å². The Morgan fingerprint density at radius 2 is 1.35 bits per heavy atom. The molecule has 0 fully saturated rings. The Kier molecular flexibility index (Phi) is 6.51. The van der Waals surface area contributed by atoms with Crippen molar-refractivity contribution in [3.05, 3.63) is 54.1 Å². The molecule has 0 atom stereocenters. The highest BCUT2D eigenvalue weighted by atomic mass is 16.1. The van der Waals surface area contributed by atoms with E-state index in [0.717, 1.165) is 22.4 Å². The summed E-state index contributed by atoms with van der Waals surface area (Å²) in [5.41, 5.74) is 4.24. The van der Waals surface area contributed by atoms with Crippen molar-refractivity contribution in [3.8, 4) is 11.1 Å². The number of nitrogens with one attached hydrogen (secondary N) is 1. The number of fused-ring (bicyclic) bond motifs is 3. The Balaban J connectivity index is 0.000000461. The summed E-state index contributed by atoms with van der Waals surface area (Å²) in [5.74, 6) is 0.0531. The summed E-state index contributed by atoms with van der Waals surface area (Å²) < 4.78 is 0. The van der Waals surface area contributed by atoms with Gasteiger partial charge in [0.25, 0.3) is 0 Å². The molecule has 0 bridgehead atoms. The summed E-state index contributed by atoms with van der Waals surface area (Å²) in [4.78, 5) is 11.7. The number of para-hydroxylation sites is 1. The lowest BCUT2D eigenvalue weighted by atomic mass is 9.98. The fourth-order valence-corrected chi connectivity index (χ4v) is 2.13. The van der Waals surface area contributed by atoms with Gasteiger partial charge in [-0.2, -0.15) is 0 Å². The number of anilines is 1. The molecule has 0 aromatic heterocycles. The molecule has 0 spiro atoms. The van der Waals surface area contributed by atoms with Gasteiger partial charge in [-0.1, -0.05) is 70.2 Å². The lowest BCUT2D eigenvalue weighted by Gasteiger charge is -2.07. The second-order valence-electron chi connectivity index (χ2n) is 3.93. The summed E-state index contributed by atoms with van der Waals surface area (Å²) >= 11 is 0. The van der Waals surface area contributed by atoms with Crippen molar-refractivity contribution in [2.45, 2.75) is 34.1 Å². The molecule has 20 heavy (non-hydrogen) atoms. The van der Waals surface area contributed by atoms with Crippen LogP contribution in [0, 0.1) is 0 Å². The van der Waals surface area contributed by atoms with Gasteiger partial charge < -0.3 is 5.32 Å². The zero-order valence-corrected chi connectivity index (χ0v) is 12.7. The molecule has 2 aromatic rings. The monoisotopic (exact) mass is 269 g/mol. The van der Waals surface area contributed by atoms with Crippen LogP contribution in [0.25, 0.3) is 11.1 Å². The minimum Gasteiger partial charge on any atom is -0.325 e. The first kappa shape index (κ1) is 16.0. The van der Waals surface area contributed by atoms with E-state index in [9.17, 15) is 4.79 Å². The minimum absolute atomic E-state index is 0.0531. The van der Waals surface area contributed by atoms with Gasteiger partial charge in [-0.3, -0.25) is 4.79 Å². The number of carbonyl (C=O) groups is 1. The van der Waals surface area contributed by atoms with Crippen LogP contribution >= 0.6 is 0 Å². The molecular weight excluding hydrogens is 246 g/mol. The Morgan fingerprint density at radius 1 is 0.800 bits per heavy atom. The van der Waals surface area contributed by atoms with Crippen LogP contribution in [0.5, 0.6) is 0 Å². The molecule has 2 aromatic carbocycles. The van der Waals surface area contributed by atoms with Crippen LogP contribution in [0.1, 0.15) is 33.3 Å². The molecule has 1 aliphatic rings. The second-order valence-corrected chi connectivity index (χ2v) is 3.93. The summed E-state index contributed by atoms with van der Waals surface area (Å²) in [7, 11) is 0. The van der Waals surface area contributed by atoms with Crippen LogP contribution in [0.15, 0.2) is 48.5 Å². The smallest absolute Gasteiger partial charge is 0.228 e. The number of hydrogen-bond acceptors (Lipinski definition) is 1. The fraction of sp³-hybridized carbons (Fsp3) is 0.278. The van der Waals surface area contributed by atoms with Crippen molar-refractivity contribution in [2.75, 3.05) is 5.32 Å². The average Bonchev–Trinajstić information content (AvgIpc) is 2.66. The first-order chi connectivity index (χ1) is 9.84. The SMILES string of the molecule is CC.CC.O=C1Cc2ccccc2-c2ccccc2N1. The van der Waals surface area contributed by atoms with Gasteiger partial charge in [-0.25, -0.2) is 0 Å². The molecule has 2 nitrogen and oxygen atoms in total. The maximum absolute atomic E-state index is 11.7. The molecule has 1 heterocycles. The van der Waals surface area contributed by atoms with Crippen molar-refractivity contribution in [2.24, 2.45) is 0 Å². The quantitative estimate of drug-likeness (QED) is 0.724. The largest absolute Gasteiger partial charge is 0.325 e. The van der Waals surface area contributed by atoms with Crippen molar-refractivity contribution in [1.29, 1.82) is 0 Å². The van der Waals surface area contributed by atoms with Crippen LogP contribution in [-0.2, 0) is 11.2 Å². The Hall–Kier alpha value is -2.09. The minimum atomic E-state index is 0.0531. The maximum atomic E-state index is 11.7. The molecule has 0 saturated heterocycles. The second kappa shape index (κ2) is 8.16. The average molecular weight is 269 g/mol. The Morgan fingerprint density at radius 3 is 2.05 bits per heavy atom. The fourth-order valence-electron chi connectivity index (χ4n) is 2.13. The van der Waals surface area contributed by atoms with E-state index in [4.69, 9.17) is 0 Å². The Labute approximate surface area is 121 Å². The normalized spacial score (nSPS) is 11.3. The van der Waals surface area contributed by atoms with Gasteiger partial charge in [0.05, 0.1) is 6.42 Å². The Bertz CT molecular complexity index is 511. The highest BCUT2D eigenvalue weighted by molar-refractivity contribution is 6.00. The van der Waals surface area contributed by atoms with E-state index >= 15 is 0 Å². The van der Waals surface area contributed by atoms with E-state index < -0.39 is 0 Å². The third kappa shape index (κ3) is 3.47. The zero-order valence-electron chi connectivity index (χ0n) is 12.7. The number of carbonyl (C=O) groups excluding carboxylic acids is 1. The van der Waals surface area contributed by atoms with E-state index in [-0.39, 0.29) is 5.91 Å². The molecule has 2 heteroatoms. The van der Waals surface area contributed by atoms with Crippen LogP contribution < -0.4 is 5.32 Å². The van der Waals surface area contributed by atoms with Gasteiger partial charge in [-0.15, -0.1) is 0 Å². The number of hydrogen-bond donors (Lipinski definition) is 1.